The van der Waals surface area contributed by atoms with E-state index in [-0.39, 0.29) is 36.4 Å². The fourth-order valence-electron chi connectivity index (χ4n) is 4.81. The number of urea groups is 1. The lowest BCUT2D eigenvalue weighted by atomic mass is 9.96. The van der Waals surface area contributed by atoms with E-state index in [1.165, 1.54) is 43.5 Å². The Hall–Kier alpha value is -3.46. The number of likely N-dealkylation sites (tertiary alicyclic amines) is 1. The van der Waals surface area contributed by atoms with E-state index in [4.69, 9.17) is 0 Å². The van der Waals surface area contributed by atoms with E-state index in [0.29, 0.717) is 30.0 Å². The molecule has 4 N–H and O–H groups in total. The summed E-state index contributed by atoms with van der Waals surface area (Å²) in [6, 6.07) is 12.6. The summed E-state index contributed by atoms with van der Waals surface area (Å²) >= 11 is 0. The van der Waals surface area contributed by atoms with E-state index >= 15 is 0 Å². The zero-order valence-electron chi connectivity index (χ0n) is 20.4. The molecule has 1 saturated carbocycles. The number of anilines is 2. The Balaban J connectivity index is 1.22. The highest BCUT2D eigenvalue weighted by molar-refractivity contribution is 6.10. The van der Waals surface area contributed by atoms with Gasteiger partial charge in [0.15, 0.2) is 0 Å². The van der Waals surface area contributed by atoms with Gasteiger partial charge in [-0.05, 0) is 62.1 Å². The molecule has 0 radical (unpaired) electrons. The molecule has 1 aliphatic heterocycles. The Labute approximate surface area is 211 Å². The summed E-state index contributed by atoms with van der Waals surface area (Å²) in [5.41, 5.74) is 1.20. The van der Waals surface area contributed by atoms with Crippen LogP contribution in [0.5, 0.6) is 0 Å². The SMILES string of the molecule is O=C(CN1CCC(NC(=O)NC2CCCCC2)CC1)Nc1ccccc1C(=O)Nc1ccc(F)cc1. The van der Waals surface area contributed by atoms with E-state index in [1.807, 2.05) is 4.90 Å². The van der Waals surface area contributed by atoms with Crippen LogP contribution in [0.15, 0.2) is 48.5 Å². The number of nitrogens with zero attached hydrogens (tertiary/aromatic N) is 1. The van der Waals surface area contributed by atoms with Crippen LogP contribution in [0.2, 0.25) is 0 Å². The van der Waals surface area contributed by atoms with Crippen LogP contribution in [-0.2, 0) is 4.79 Å². The normalized spacial score (nSPS) is 17.2. The maximum atomic E-state index is 13.1. The van der Waals surface area contributed by atoms with Gasteiger partial charge < -0.3 is 21.3 Å². The van der Waals surface area contributed by atoms with Crippen LogP contribution >= 0.6 is 0 Å². The Bertz CT molecular complexity index is 1050. The zero-order valence-corrected chi connectivity index (χ0v) is 20.4. The first kappa shape index (κ1) is 25.6. The van der Waals surface area contributed by atoms with E-state index in [0.717, 1.165) is 25.7 Å². The Morgan fingerprint density at radius 3 is 2.14 bits per heavy atom. The van der Waals surface area contributed by atoms with Crippen LogP contribution in [0, 0.1) is 5.82 Å². The molecule has 4 rings (SSSR count). The van der Waals surface area contributed by atoms with Gasteiger partial charge in [0.05, 0.1) is 17.8 Å². The number of piperidine rings is 1. The Kier molecular flexibility index (Phi) is 8.89. The van der Waals surface area contributed by atoms with Crippen molar-refractivity contribution in [2.75, 3.05) is 30.3 Å². The highest BCUT2D eigenvalue weighted by Gasteiger charge is 2.24. The number of para-hydroxylation sites is 1. The first-order chi connectivity index (χ1) is 17.5. The number of benzene rings is 2. The lowest BCUT2D eigenvalue weighted by Gasteiger charge is -2.32. The van der Waals surface area contributed by atoms with Gasteiger partial charge in [-0.15, -0.1) is 0 Å². The molecular formula is C27H34FN5O3. The number of carbonyl (C=O) groups excluding carboxylic acids is 3. The molecule has 2 aromatic carbocycles. The summed E-state index contributed by atoms with van der Waals surface area (Å²) in [6.07, 6.45) is 7.27. The van der Waals surface area contributed by atoms with Gasteiger partial charge in [0.2, 0.25) is 5.91 Å². The third-order valence-electron chi connectivity index (χ3n) is 6.78. The monoisotopic (exact) mass is 495 g/mol. The summed E-state index contributed by atoms with van der Waals surface area (Å²) in [6.45, 7) is 1.61. The second-order valence-corrected chi connectivity index (χ2v) is 9.56. The van der Waals surface area contributed by atoms with Crippen LogP contribution in [0.4, 0.5) is 20.6 Å². The van der Waals surface area contributed by atoms with Crippen molar-refractivity contribution in [1.82, 2.24) is 15.5 Å². The molecule has 0 spiro atoms. The molecule has 1 saturated heterocycles. The number of nitrogens with one attached hydrogen (secondary N) is 4. The Morgan fingerprint density at radius 1 is 0.806 bits per heavy atom. The van der Waals surface area contributed by atoms with Crippen LogP contribution < -0.4 is 21.3 Å². The minimum Gasteiger partial charge on any atom is -0.335 e. The average molecular weight is 496 g/mol. The largest absolute Gasteiger partial charge is 0.335 e. The highest BCUT2D eigenvalue weighted by Crippen LogP contribution is 2.19. The predicted octanol–water partition coefficient (Wildman–Crippen LogP) is 4.11. The van der Waals surface area contributed by atoms with Gasteiger partial charge in [-0.1, -0.05) is 31.4 Å². The number of rotatable bonds is 7. The molecule has 0 aromatic heterocycles. The number of amides is 4. The van der Waals surface area contributed by atoms with Gasteiger partial charge in [0, 0.05) is 30.9 Å². The summed E-state index contributed by atoms with van der Waals surface area (Å²) in [4.78, 5) is 39.8. The van der Waals surface area contributed by atoms with Crippen LogP contribution in [-0.4, -0.2) is 54.5 Å². The standard InChI is InChI=1S/C27H34FN5O3/c28-19-10-12-21(13-11-19)29-26(35)23-8-4-5-9-24(23)32-25(34)18-33-16-14-22(15-17-33)31-27(36)30-20-6-2-1-3-7-20/h4-5,8-13,20,22H,1-3,6-7,14-18H2,(H,29,35)(H,32,34)(H2,30,31,36). The van der Waals surface area contributed by atoms with Crippen molar-refractivity contribution in [2.24, 2.45) is 0 Å². The second-order valence-electron chi connectivity index (χ2n) is 9.56. The molecule has 2 aliphatic rings. The third-order valence-corrected chi connectivity index (χ3v) is 6.78. The second kappa shape index (κ2) is 12.5. The van der Waals surface area contributed by atoms with Gasteiger partial charge >= 0.3 is 6.03 Å². The average Bonchev–Trinajstić information content (AvgIpc) is 2.87. The fourth-order valence-corrected chi connectivity index (χ4v) is 4.81. The first-order valence-electron chi connectivity index (χ1n) is 12.7. The molecule has 1 aliphatic carbocycles. The number of carbonyl (C=O) groups is 3. The maximum absolute atomic E-state index is 13.1. The van der Waals surface area contributed by atoms with Crippen molar-refractivity contribution in [2.45, 2.75) is 57.0 Å². The van der Waals surface area contributed by atoms with Gasteiger partial charge in [-0.2, -0.15) is 0 Å². The van der Waals surface area contributed by atoms with Crippen molar-refractivity contribution < 1.29 is 18.8 Å². The Morgan fingerprint density at radius 2 is 1.44 bits per heavy atom. The van der Waals surface area contributed by atoms with Crippen LogP contribution in [0.25, 0.3) is 0 Å². The fraction of sp³-hybridized carbons (Fsp3) is 0.444. The van der Waals surface area contributed by atoms with Crippen molar-refractivity contribution in [3.8, 4) is 0 Å². The van der Waals surface area contributed by atoms with E-state index < -0.39 is 5.91 Å². The topological polar surface area (TPSA) is 103 Å². The van der Waals surface area contributed by atoms with Crippen molar-refractivity contribution in [3.05, 3.63) is 59.9 Å². The van der Waals surface area contributed by atoms with Crippen LogP contribution in [0.1, 0.15) is 55.3 Å². The van der Waals surface area contributed by atoms with Crippen molar-refractivity contribution in [1.29, 1.82) is 0 Å². The minimum atomic E-state index is -0.393. The number of hydrogen-bond acceptors (Lipinski definition) is 4. The molecule has 0 atom stereocenters. The molecule has 1 heterocycles. The number of hydrogen-bond donors (Lipinski definition) is 4. The van der Waals surface area contributed by atoms with Gasteiger partial charge in [-0.3, -0.25) is 14.5 Å². The summed E-state index contributed by atoms with van der Waals surface area (Å²) < 4.78 is 13.1. The minimum absolute atomic E-state index is 0.0892. The summed E-state index contributed by atoms with van der Waals surface area (Å²) in [5.74, 6) is -0.988. The molecule has 0 unspecified atom stereocenters. The maximum Gasteiger partial charge on any atom is 0.315 e. The summed E-state index contributed by atoms with van der Waals surface area (Å²) in [7, 11) is 0. The van der Waals surface area contributed by atoms with E-state index in [9.17, 15) is 18.8 Å². The summed E-state index contributed by atoms with van der Waals surface area (Å²) in [5, 5.41) is 11.7. The molecule has 9 heteroatoms. The smallest absolute Gasteiger partial charge is 0.315 e. The molecule has 0 bridgehead atoms. The molecule has 2 aromatic rings. The third kappa shape index (κ3) is 7.52. The van der Waals surface area contributed by atoms with Crippen LogP contribution in [0.3, 0.4) is 0 Å². The van der Waals surface area contributed by atoms with E-state index in [2.05, 4.69) is 21.3 Å². The molecular weight excluding hydrogens is 461 g/mol. The van der Waals surface area contributed by atoms with Gasteiger partial charge in [0.1, 0.15) is 5.82 Å². The van der Waals surface area contributed by atoms with Gasteiger partial charge in [0.25, 0.3) is 5.91 Å². The van der Waals surface area contributed by atoms with Crippen molar-refractivity contribution in [3.63, 3.8) is 0 Å². The highest BCUT2D eigenvalue weighted by atomic mass is 19.1. The molecule has 4 amide bonds. The number of halogens is 1. The zero-order chi connectivity index (χ0) is 25.3. The molecule has 2 fully saturated rings. The first-order valence-corrected chi connectivity index (χ1v) is 12.7. The van der Waals surface area contributed by atoms with Crippen molar-refractivity contribution >= 4 is 29.2 Å². The van der Waals surface area contributed by atoms with E-state index in [1.54, 1.807) is 24.3 Å². The molecule has 192 valence electrons. The molecule has 8 nitrogen and oxygen atoms in total. The lowest BCUT2D eigenvalue weighted by Crippen LogP contribution is -2.51. The quantitative estimate of drug-likeness (QED) is 0.464. The molecule has 36 heavy (non-hydrogen) atoms. The lowest BCUT2D eigenvalue weighted by molar-refractivity contribution is -0.117. The predicted molar refractivity (Wildman–Crippen MR) is 137 cm³/mol. The van der Waals surface area contributed by atoms with Gasteiger partial charge in [-0.25, -0.2) is 9.18 Å².